The zero-order valence-corrected chi connectivity index (χ0v) is 11.9. The maximum atomic E-state index is 13.9. The monoisotopic (exact) mass is 274 g/mol. The van der Waals surface area contributed by atoms with Crippen molar-refractivity contribution < 1.29 is 14.2 Å². The van der Waals surface area contributed by atoms with Crippen LogP contribution in [0, 0.1) is 5.82 Å². The van der Waals surface area contributed by atoms with Crippen molar-refractivity contribution >= 4 is 0 Å². The van der Waals surface area contributed by atoms with Gasteiger partial charge in [-0.1, -0.05) is 38.1 Å². The van der Waals surface area contributed by atoms with Gasteiger partial charge in [-0.15, -0.1) is 0 Å². The second-order valence-electron chi connectivity index (χ2n) is 5.16. The molecule has 1 atom stereocenters. The first-order chi connectivity index (χ1) is 9.49. The summed E-state index contributed by atoms with van der Waals surface area (Å²) in [5.74, 6) is 0.556. The van der Waals surface area contributed by atoms with Gasteiger partial charge in [0, 0.05) is 5.56 Å². The molecule has 3 heteroatoms. The Hall–Kier alpha value is -1.87. The fourth-order valence-corrected chi connectivity index (χ4v) is 2.02. The van der Waals surface area contributed by atoms with Gasteiger partial charge in [-0.2, -0.15) is 0 Å². The summed E-state index contributed by atoms with van der Waals surface area (Å²) in [5.41, 5.74) is 1.57. The normalized spacial score (nSPS) is 12.5. The molecule has 106 valence electrons. The Kier molecular flexibility index (Phi) is 4.40. The third kappa shape index (κ3) is 3.17. The Labute approximate surface area is 118 Å². The van der Waals surface area contributed by atoms with Gasteiger partial charge in [0.05, 0.1) is 6.10 Å². The van der Waals surface area contributed by atoms with Crippen LogP contribution >= 0.6 is 0 Å². The van der Waals surface area contributed by atoms with Crippen LogP contribution < -0.4 is 4.74 Å². The molecule has 0 unspecified atom stereocenters. The molecule has 0 saturated heterocycles. The lowest BCUT2D eigenvalue weighted by molar-refractivity contribution is 0.194. The molecule has 0 aliphatic carbocycles. The molecule has 0 aromatic heterocycles. The van der Waals surface area contributed by atoms with Gasteiger partial charge in [-0.3, -0.25) is 0 Å². The minimum atomic E-state index is -0.783. The quantitative estimate of drug-likeness (QED) is 0.868. The van der Waals surface area contributed by atoms with Crippen LogP contribution in [0.15, 0.2) is 42.5 Å². The van der Waals surface area contributed by atoms with Gasteiger partial charge in [-0.25, -0.2) is 4.39 Å². The summed E-state index contributed by atoms with van der Waals surface area (Å²) in [7, 11) is 0. The number of aliphatic hydroxyl groups is 1. The van der Waals surface area contributed by atoms with Crippen LogP contribution in [0.5, 0.6) is 11.5 Å². The lowest BCUT2D eigenvalue weighted by atomic mass is 10.0. The molecule has 0 heterocycles. The predicted octanol–water partition coefficient (Wildman–Crippen LogP) is 4.79. The molecule has 2 aromatic carbocycles. The second-order valence-corrected chi connectivity index (χ2v) is 5.16. The van der Waals surface area contributed by atoms with Gasteiger partial charge < -0.3 is 9.84 Å². The van der Waals surface area contributed by atoms with E-state index >= 15 is 0 Å². The summed E-state index contributed by atoms with van der Waals surface area (Å²) in [5, 5.41) is 9.70. The van der Waals surface area contributed by atoms with E-state index in [1.807, 2.05) is 18.2 Å². The fourth-order valence-electron chi connectivity index (χ4n) is 2.02. The summed E-state index contributed by atoms with van der Waals surface area (Å²) in [6.07, 6.45) is -0.783. The number of hydrogen-bond acceptors (Lipinski definition) is 2. The van der Waals surface area contributed by atoms with E-state index in [4.69, 9.17) is 4.74 Å². The van der Waals surface area contributed by atoms with Crippen molar-refractivity contribution in [2.45, 2.75) is 32.8 Å². The number of para-hydroxylation sites is 1. The smallest absolute Gasteiger partial charge is 0.168 e. The highest BCUT2D eigenvalue weighted by molar-refractivity contribution is 5.41. The molecule has 1 N–H and O–H groups in total. The zero-order chi connectivity index (χ0) is 14.7. The van der Waals surface area contributed by atoms with E-state index in [-0.39, 0.29) is 5.75 Å². The van der Waals surface area contributed by atoms with Crippen molar-refractivity contribution in [2.24, 2.45) is 0 Å². The molecule has 0 radical (unpaired) electrons. The third-order valence-electron chi connectivity index (χ3n) is 3.19. The van der Waals surface area contributed by atoms with Crippen LogP contribution in [0.2, 0.25) is 0 Å². The maximum absolute atomic E-state index is 13.9. The first-order valence-corrected chi connectivity index (χ1v) is 6.73. The van der Waals surface area contributed by atoms with Crippen LogP contribution in [-0.4, -0.2) is 5.11 Å². The minimum Gasteiger partial charge on any atom is -0.454 e. The molecular formula is C17H19FO2. The average Bonchev–Trinajstić information content (AvgIpc) is 2.41. The van der Waals surface area contributed by atoms with Crippen LogP contribution in [0.25, 0.3) is 0 Å². The predicted molar refractivity (Wildman–Crippen MR) is 77.6 cm³/mol. The molecule has 0 saturated carbocycles. The Morgan fingerprint density at radius 2 is 1.75 bits per heavy atom. The van der Waals surface area contributed by atoms with Gasteiger partial charge in [0.2, 0.25) is 0 Å². The minimum absolute atomic E-state index is 0.0865. The van der Waals surface area contributed by atoms with Gasteiger partial charge in [0.25, 0.3) is 0 Å². The molecule has 0 aliphatic heterocycles. The van der Waals surface area contributed by atoms with E-state index < -0.39 is 11.9 Å². The van der Waals surface area contributed by atoms with Crippen molar-refractivity contribution in [2.75, 3.05) is 0 Å². The van der Waals surface area contributed by atoms with Crippen molar-refractivity contribution in [3.63, 3.8) is 0 Å². The fraction of sp³-hybridized carbons (Fsp3) is 0.294. The van der Waals surface area contributed by atoms with Crippen LogP contribution in [0.4, 0.5) is 4.39 Å². The SMILES string of the molecule is CC(C)c1cccc(Oc2c(F)cccc2[C@@H](C)O)c1. The number of halogens is 1. The van der Waals surface area contributed by atoms with E-state index in [1.165, 1.54) is 6.07 Å². The lowest BCUT2D eigenvalue weighted by Gasteiger charge is -2.15. The number of rotatable bonds is 4. The highest BCUT2D eigenvalue weighted by Crippen LogP contribution is 2.33. The summed E-state index contributed by atoms with van der Waals surface area (Å²) >= 11 is 0. The van der Waals surface area contributed by atoms with Crippen molar-refractivity contribution in [3.8, 4) is 11.5 Å². The average molecular weight is 274 g/mol. The molecule has 0 spiro atoms. The Bertz CT molecular complexity index is 591. The molecule has 20 heavy (non-hydrogen) atoms. The summed E-state index contributed by atoms with van der Waals surface area (Å²) in [4.78, 5) is 0. The standard InChI is InChI=1S/C17H19FO2/c1-11(2)13-6-4-7-14(10-13)20-17-15(12(3)19)8-5-9-16(17)18/h4-12,19H,1-3H3/t12-/m1/s1. The Morgan fingerprint density at radius 3 is 2.40 bits per heavy atom. The van der Waals surface area contributed by atoms with Crippen molar-refractivity contribution in [1.82, 2.24) is 0 Å². The topological polar surface area (TPSA) is 29.5 Å². The summed E-state index contributed by atoms with van der Waals surface area (Å²) in [6, 6.07) is 12.1. The van der Waals surface area contributed by atoms with E-state index in [0.717, 1.165) is 5.56 Å². The summed E-state index contributed by atoms with van der Waals surface area (Å²) < 4.78 is 19.6. The highest BCUT2D eigenvalue weighted by atomic mass is 19.1. The van der Waals surface area contributed by atoms with E-state index in [9.17, 15) is 9.50 Å². The first-order valence-electron chi connectivity index (χ1n) is 6.73. The van der Waals surface area contributed by atoms with Gasteiger partial charge >= 0.3 is 0 Å². The van der Waals surface area contributed by atoms with E-state index in [0.29, 0.717) is 17.2 Å². The van der Waals surface area contributed by atoms with Gasteiger partial charge in [-0.05, 0) is 36.6 Å². The third-order valence-corrected chi connectivity index (χ3v) is 3.19. The molecule has 2 aromatic rings. The molecular weight excluding hydrogens is 255 g/mol. The summed E-state index contributed by atoms with van der Waals surface area (Å²) in [6.45, 7) is 5.76. The van der Waals surface area contributed by atoms with Crippen LogP contribution in [0.3, 0.4) is 0 Å². The Balaban J connectivity index is 2.37. The van der Waals surface area contributed by atoms with Crippen molar-refractivity contribution in [1.29, 1.82) is 0 Å². The number of aliphatic hydroxyl groups excluding tert-OH is 1. The van der Waals surface area contributed by atoms with Gasteiger partial charge in [0.1, 0.15) is 5.75 Å². The molecule has 0 bridgehead atoms. The van der Waals surface area contributed by atoms with E-state index in [2.05, 4.69) is 13.8 Å². The van der Waals surface area contributed by atoms with Crippen LogP contribution in [0.1, 0.15) is 43.9 Å². The number of hydrogen-bond donors (Lipinski definition) is 1. The lowest BCUT2D eigenvalue weighted by Crippen LogP contribution is -1.99. The second kappa shape index (κ2) is 6.06. The Morgan fingerprint density at radius 1 is 1.05 bits per heavy atom. The number of ether oxygens (including phenoxy) is 1. The molecule has 2 rings (SSSR count). The highest BCUT2D eigenvalue weighted by Gasteiger charge is 2.15. The van der Waals surface area contributed by atoms with Crippen LogP contribution in [-0.2, 0) is 0 Å². The number of benzene rings is 2. The van der Waals surface area contributed by atoms with E-state index in [1.54, 1.807) is 25.1 Å². The first kappa shape index (κ1) is 14.5. The van der Waals surface area contributed by atoms with Gasteiger partial charge in [0.15, 0.2) is 11.6 Å². The molecule has 2 nitrogen and oxygen atoms in total. The largest absolute Gasteiger partial charge is 0.454 e. The molecule has 0 amide bonds. The maximum Gasteiger partial charge on any atom is 0.168 e. The zero-order valence-electron chi connectivity index (χ0n) is 11.9. The van der Waals surface area contributed by atoms with Crippen molar-refractivity contribution in [3.05, 3.63) is 59.4 Å². The molecule has 0 aliphatic rings. The molecule has 0 fully saturated rings.